The number of hydrogen-bond donors (Lipinski definition) is 1. The van der Waals surface area contributed by atoms with Gasteiger partial charge in [0.05, 0.1) is 5.75 Å². The number of thioether (sulfide) groups is 1. The molecule has 0 atom stereocenters. The van der Waals surface area contributed by atoms with Gasteiger partial charge in [0, 0.05) is 11.9 Å². The van der Waals surface area contributed by atoms with Gasteiger partial charge in [0.1, 0.15) is 0 Å². The molecule has 0 amide bonds. The molecule has 0 aliphatic rings. The first-order chi connectivity index (χ1) is 6.79. The Labute approximate surface area is 87.6 Å². The van der Waals surface area contributed by atoms with E-state index < -0.39 is 5.97 Å². The van der Waals surface area contributed by atoms with Crippen molar-refractivity contribution in [2.45, 2.75) is 12.8 Å². The fourth-order valence-corrected chi connectivity index (χ4v) is 1.73. The molecule has 0 radical (unpaired) electrons. The average Bonchev–Trinajstić information content (AvgIpc) is 2.18. The van der Waals surface area contributed by atoms with Gasteiger partial charge in [-0.2, -0.15) is 11.8 Å². The minimum Gasteiger partial charge on any atom is -0.481 e. The van der Waals surface area contributed by atoms with Crippen LogP contribution < -0.4 is 0 Å². The van der Waals surface area contributed by atoms with Gasteiger partial charge in [-0.1, -0.05) is 6.07 Å². The quantitative estimate of drug-likeness (QED) is 0.729. The third-order valence-electron chi connectivity index (χ3n) is 1.67. The molecule has 0 bridgehead atoms. The van der Waals surface area contributed by atoms with Crippen LogP contribution in [-0.2, 0) is 11.2 Å². The number of carboxylic acid groups (broad SMARTS) is 1. The van der Waals surface area contributed by atoms with Crippen molar-refractivity contribution in [1.82, 2.24) is 4.98 Å². The summed E-state index contributed by atoms with van der Waals surface area (Å²) in [5.74, 6) is 0.332. The van der Waals surface area contributed by atoms with E-state index in [1.54, 1.807) is 6.20 Å². The predicted molar refractivity (Wildman–Crippen MR) is 57.5 cm³/mol. The molecule has 1 heterocycles. The SMILES string of the molecule is O=C(O)CSCCCc1ccccn1. The highest BCUT2D eigenvalue weighted by atomic mass is 32.2. The predicted octanol–water partition coefficient (Wildman–Crippen LogP) is 1.83. The molecule has 0 spiro atoms. The minimum atomic E-state index is -0.743. The van der Waals surface area contributed by atoms with Gasteiger partial charge < -0.3 is 5.11 Å². The zero-order chi connectivity index (χ0) is 10.2. The van der Waals surface area contributed by atoms with Gasteiger partial charge in [-0.3, -0.25) is 9.78 Å². The molecule has 3 nitrogen and oxygen atoms in total. The summed E-state index contributed by atoms with van der Waals surface area (Å²) >= 11 is 1.45. The summed E-state index contributed by atoms with van der Waals surface area (Å²) in [6, 6.07) is 5.84. The van der Waals surface area contributed by atoms with Gasteiger partial charge in [0.15, 0.2) is 0 Å². The third kappa shape index (κ3) is 4.87. The fourth-order valence-electron chi connectivity index (χ4n) is 1.06. The van der Waals surface area contributed by atoms with E-state index in [2.05, 4.69) is 4.98 Å². The molecule has 0 fully saturated rings. The molecular weight excluding hydrogens is 198 g/mol. The Morgan fingerprint density at radius 1 is 1.50 bits per heavy atom. The summed E-state index contributed by atoms with van der Waals surface area (Å²) in [4.78, 5) is 14.4. The molecule has 0 saturated heterocycles. The van der Waals surface area contributed by atoms with Gasteiger partial charge in [0.25, 0.3) is 0 Å². The number of pyridine rings is 1. The molecule has 0 aromatic carbocycles. The van der Waals surface area contributed by atoms with Crippen LogP contribution in [0.2, 0.25) is 0 Å². The lowest BCUT2D eigenvalue weighted by molar-refractivity contribution is -0.133. The molecule has 0 unspecified atom stereocenters. The Morgan fingerprint density at radius 2 is 2.36 bits per heavy atom. The summed E-state index contributed by atoms with van der Waals surface area (Å²) in [5.41, 5.74) is 1.07. The second kappa shape index (κ2) is 6.43. The molecule has 0 aliphatic carbocycles. The Balaban J connectivity index is 2.08. The Hall–Kier alpha value is -1.03. The standard InChI is InChI=1S/C10H13NO2S/c12-10(13)8-14-7-3-5-9-4-1-2-6-11-9/h1-2,4,6H,3,5,7-8H2,(H,12,13). The Kier molecular flexibility index (Phi) is 5.07. The van der Waals surface area contributed by atoms with Crippen LogP contribution in [0.3, 0.4) is 0 Å². The number of carboxylic acids is 1. The maximum Gasteiger partial charge on any atom is 0.313 e. The van der Waals surface area contributed by atoms with Crippen LogP contribution in [0.25, 0.3) is 0 Å². The van der Waals surface area contributed by atoms with Gasteiger partial charge in [-0.25, -0.2) is 0 Å². The van der Waals surface area contributed by atoms with Crippen molar-refractivity contribution in [2.75, 3.05) is 11.5 Å². The summed E-state index contributed by atoms with van der Waals surface area (Å²) in [5, 5.41) is 8.40. The maximum atomic E-state index is 10.2. The molecule has 4 heteroatoms. The minimum absolute atomic E-state index is 0.197. The van der Waals surface area contributed by atoms with E-state index in [1.165, 1.54) is 11.8 Å². The molecule has 0 aliphatic heterocycles. The molecule has 76 valence electrons. The number of nitrogens with zero attached hydrogens (tertiary/aromatic N) is 1. The third-order valence-corrected chi connectivity index (χ3v) is 2.70. The van der Waals surface area contributed by atoms with Gasteiger partial charge in [-0.15, -0.1) is 0 Å². The highest BCUT2D eigenvalue weighted by molar-refractivity contribution is 7.99. The van der Waals surface area contributed by atoms with Crippen molar-refractivity contribution in [3.8, 4) is 0 Å². The molecule has 1 N–H and O–H groups in total. The lowest BCUT2D eigenvalue weighted by Gasteiger charge is -1.99. The largest absolute Gasteiger partial charge is 0.481 e. The molecule has 14 heavy (non-hydrogen) atoms. The van der Waals surface area contributed by atoms with Crippen molar-refractivity contribution < 1.29 is 9.90 Å². The van der Waals surface area contributed by atoms with Crippen molar-refractivity contribution in [1.29, 1.82) is 0 Å². The first kappa shape index (κ1) is 11.0. The normalized spacial score (nSPS) is 10.0. The second-order valence-electron chi connectivity index (χ2n) is 2.87. The van der Waals surface area contributed by atoms with Crippen LogP contribution in [0, 0.1) is 0 Å². The van der Waals surface area contributed by atoms with Crippen molar-refractivity contribution in [3.63, 3.8) is 0 Å². The second-order valence-corrected chi connectivity index (χ2v) is 3.98. The first-order valence-corrected chi connectivity index (χ1v) is 5.64. The summed E-state index contributed by atoms with van der Waals surface area (Å²) in [6.07, 6.45) is 3.68. The van der Waals surface area contributed by atoms with Crippen LogP contribution in [0.4, 0.5) is 0 Å². The zero-order valence-electron chi connectivity index (χ0n) is 7.85. The maximum absolute atomic E-state index is 10.2. The number of rotatable bonds is 6. The molecular formula is C10H13NO2S. The monoisotopic (exact) mass is 211 g/mol. The van der Waals surface area contributed by atoms with E-state index >= 15 is 0 Å². The van der Waals surface area contributed by atoms with E-state index in [-0.39, 0.29) is 5.75 Å². The number of hydrogen-bond acceptors (Lipinski definition) is 3. The number of aliphatic carboxylic acids is 1. The Morgan fingerprint density at radius 3 is 3.00 bits per heavy atom. The van der Waals surface area contributed by atoms with Gasteiger partial charge >= 0.3 is 5.97 Å². The lowest BCUT2D eigenvalue weighted by Crippen LogP contribution is -1.99. The van der Waals surface area contributed by atoms with Crippen LogP contribution in [-0.4, -0.2) is 27.6 Å². The molecule has 1 rings (SSSR count). The van der Waals surface area contributed by atoms with Crippen molar-refractivity contribution >= 4 is 17.7 Å². The average molecular weight is 211 g/mol. The van der Waals surface area contributed by atoms with Gasteiger partial charge in [0.2, 0.25) is 0 Å². The zero-order valence-corrected chi connectivity index (χ0v) is 8.67. The number of aromatic nitrogens is 1. The van der Waals surface area contributed by atoms with Crippen LogP contribution in [0.1, 0.15) is 12.1 Å². The highest BCUT2D eigenvalue weighted by Gasteiger charge is 1.97. The fraction of sp³-hybridized carbons (Fsp3) is 0.400. The van der Waals surface area contributed by atoms with E-state index in [0.717, 1.165) is 24.3 Å². The van der Waals surface area contributed by atoms with Crippen LogP contribution in [0.15, 0.2) is 24.4 Å². The van der Waals surface area contributed by atoms with E-state index in [4.69, 9.17) is 5.11 Å². The lowest BCUT2D eigenvalue weighted by atomic mass is 10.2. The number of carbonyl (C=O) groups is 1. The molecule has 1 aromatic heterocycles. The first-order valence-electron chi connectivity index (χ1n) is 4.48. The Bertz CT molecular complexity index is 277. The van der Waals surface area contributed by atoms with E-state index in [1.807, 2.05) is 18.2 Å². The smallest absolute Gasteiger partial charge is 0.313 e. The van der Waals surface area contributed by atoms with Crippen molar-refractivity contribution in [3.05, 3.63) is 30.1 Å². The summed E-state index contributed by atoms with van der Waals surface area (Å²) in [7, 11) is 0. The summed E-state index contributed by atoms with van der Waals surface area (Å²) < 4.78 is 0. The molecule has 1 aromatic rings. The highest BCUT2D eigenvalue weighted by Crippen LogP contribution is 2.05. The summed E-state index contributed by atoms with van der Waals surface area (Å²) in [6.45, 7) is 0. The van der Waals surface area contributed by atoms with Crippen LogP contribution >= 0.6 is 11.8 Å². The van der Waals surface area contributed by atoms with Gasteiger partial charge in [-0.05, 0) is 30.7 Å². The van der Waals surface area contributed by atoms with Crippen LogP contribution in [0.5, 0.6) is 0 Å². The van der Waals surface area contributed by atoms with E-state index in [0.29, 0.717) is 0 Å². The molecule has 0 saturated carbocycles. The van der Waals surface area contributed by atoms with E-state index in [9.17, 15) is 4.79 Å². The number of aryl methyl sites for hydroxylation is 1. The van der Waals surface area contributed by atoms with Crippen molar-refractivity contribution in [2.24, 2.45) is 0 Å². The topological polar surface area (TPSA) is 50.2 Å².